The van der Waals surface area contributed by atoms with E-state index in [0.29, 0.717) is 5.75 Å². The molecule has 0 radical (unpaired) electrons. The second-order valence-corrected chi connectivity index (χ2v) is 10.1. The number of ether oxygens (including phenoxy) is 1. The van der Waals surface area contributed by atoms with Crippen LogP contribution in [0.5, 0.6) is 5.75 Å². The maximum absolute atomic E-state index is 11.0. The monoisotopic (exact) mass is 462 g/mol. The molecule has 4 nitrogen and oxygen atoms in total. The first-order valence-electron chi connectivity index (χ1n) is 12.1. The van der Waals surface area contributed by atoms with Gasteiger partial charge in [0.1, 0.15) is 11.9 Å². The Morgan fingerprint density at radius 1 is 0.774 bits per heavy atom. The third-order valence-corrected chi connectivity index (χ3v) is 6.32. The smallest absolute Gasteiger partial charge is 0.748 e. The maximum Gasteiger partial charge on any atom is 1.00 e. The molecule has 0 saturated heterocycles. The zero-order chi connectivity index (χ0) is 22.2. The average molecular weight is 463 g/mol. The van der Waals surface area contributed by atoms with Crippen molar-refractivity contribution in [3.8, 4) is 5.75 Å². The number of aryl methyl sites for hydroxylation is 2. The molecule has 1 unspecified atom stereocenters. The Bertz CT molecular complexity index is 642. The summed E-state index contributed by atoms with van der Waals surface area (Å²) in [5.41, 5.74) is 2.50. The van der Waals surface area contributed by atoms with E-state index < -0.39 is 22.0 Å². The minimum Gasteiger partial charge on any atom is -0.748 e. The van der Waals surface area contributed by atoms with E-state index >= 15 is 0 Å². The van der Waals surface area contributed by atoms with E-state index in [-0.39, 0.29) is 29.6 Å². The van der Waals surface area contributed by atoms with E-state index in [9.17, 15) is 13.0 Å². The second kappa shape index (κ2) is 18.4. The summed E-state index contributed by atoms with van der Waals surface area (Å²) in [6.45, 7) is 6.11. The fraction of sp³-hybridized carbons (Fsp3) is 0.760. The molecule has 0 saturated carbocycles. The van der Waals surface area contributed by atoms with Crippen LogP contribution in [0.4, 0.5) is 0 Å². The van der Waals surface area contributed by atoms with Crippen molar-refractivity contribution in [2.45, 2.75) is 117 Å². The molecule has 0 aliphatic heterocycles. The Kier molecular flexibility index (Phi) is 18.3. The van der Waals surface area contributed by atoms with Crippen molar-refractivity contribution in [1.29, 1.82) is 0 Å². The zero-order valence-corrected chi connectivity index (χ0v) is 23.3. The van der Waals surface area contributed by atoms with Crippen LogP contribution in [0.15, 0.2) is 18.2 Å². The van der Waals surface area contributed by atoms with Gasteiger partial charge in [0.05, 0.1) is 15.9 Å². The van der Waals surface area contributed by atoms with Crippen LogP contribution in [0.25, 0.3) is 0 Å². The predicted octanol–water partition coefficient (Wildman–Crippen LogP) is 3.81. The van der Waals surface area contributed by atoms with Gasteiger partial charge in [-0.25, -0.2) is 8.42 Å². The van der Waals surface area contributed by atoms with Crippen LogP contribution in [-0.2, 0) is 23.0 Å². The SMILES string of the molecule is CCCCCCCCc1cc(CCCCCCCC)cc(OC(C)CS(=O)(=O)[O-])c1.[Na+]. The van der Waals surface area contributed by atoms with E-state index in [2.05, 4.69) is 19.9 Å². The zero-order valence-electron chi connectivity index (χ0n) is 20.5. The van der Waals surface area contributed by atoms with E-state index in [0.717, 1.165) is 25.7 Å². The summed E-state index contributed by atoms with van der Waals surface area (Å²) in [7, 11) is -4.29. The van der Waals surface area contributed by atoms with E-state index in [1.54, 1.807) is 6.92 Å². The molecule has 0 N–H and O–H groups in total. The topological polar surface area (TPSA) is 66.4 Å². The van der Waals surface area contributed by atoms with Crippen molar-refractivity contribution in [2.24, 2.45) is 0 Å². The molecule has 0 spiro atoms. The van der Waals surface area contributed by atoms with Gasteiger partial charge in [0.15, 0.2) is 0 Å². The van der Waals surface area contributed by atoms with Gasteiger partial charge in [0.2, 0.25) is 0 Å². The van der Waals surface area contributed by atoms with Gasteiger partial charge in [0, 0.05) is 0 Å². The summed E-state index contributed by atoms with van der Waals surface area (Å²) < 4.78 is 38.9. The van der Waals surface area contributed by atoms with Crippen molar-refractivity contribution in [2.75, 3.05) is 5.75 Å². The number of rotatable bonds is 18. The van der Waals surface area contributed by atoms with Crippen molar-refractivity contribution in [1.82, 2.24) is 0 Å². The van der Waals surface area contributed by atoms with Crippen LogP contribution in [0, 0.1) is 0 Å². The first-order valence-corrected chi connectivity index (χ1v) is 13.6. The van der Waals surface area contributed by atoms with Gasteiger partial charge in [-0.05, 0) is 55.9 Å². The quantitative estimate of drug-likeness (QED) is 0.189. The maximum atomic E-state index is 11.0. The molecule has 0 heterocycles. The molecule has 0 aromatic heterocycles. The summed E-state index contributed by atoms with van der Waals surface area (Å²) in [6.07, 6.45) is 16.5. The molecule has 1 aromatic carbocycles. The van der Waals surface area contributed by atoms with Crippen molar-refractivity contribution < 1.29 is 47.3 Å². The molecular formula is C25H43NaO4S. The number of hydrogen-bond donors (Lipinski definition) is 0. The fourth-order valence-corrected chi connectivity index (χ4v) is 4.50. The Morgan fingerprint density at radius 3 is 1.61 bits per heavy atom. The molecule has 6 heteroatoms. The predicted molar refractivity (Wildman–Crippen MR) is 125 cm³/mol. The number of benzene rings is 1. The van der Waals surface area contributed by atoms with Gasteiger partial charge in [-0.1, -0.05) is 84.1 Å². The van der Waals surface area contributed by atoms with E-state index in [4.69, 9.17) is 4.74 Å². The second-order valence-electron chi connectivity index (χ2n) is 8.67. The average Bonchev–Trinajstić information content (AvgIpc) is 2.65. The molecule has 1 aromatic rings. The Balaban J connectivity index is 0.00000900. The summed E-state index contributed by atoms with van der Waals surface area (Å²) in [5, 5.41) is 0. The molecule has 1 atom stereocenters. The van der Waals surface area contributed by atoms with Crippen LogP contribution in [-0.4, -0.2) is 24.8 Å². The summed E-state index contributed by atoms with van der Waals surface area (Å²) >= 11 is 0. The molecule has 0 amide bonds. The molecular weight excluding hydrogens is 419 g/mol. The Labute approximate surface area is 214 Å². The van der Waals surface area contributed by atoms with Crippen LogP contribution in [0.2, 0.25) is 0 Å². The van der Waals surface area contributed by atoms with Crippen LogP contribution in [0.1, 0.15) is 109 Å². The fourth-order valence-electron chi connectivity index (χ4n) is 3.86. The molecule has 0 aliphatic carbocycles. The van der Waals surface area contributed by atoms with Gasteiger partial charge in [0.25, 0.3) is 0 Å². The minimum atomic E-state index is -4.29. The largest absolute Gasteiger partial charge is 1.00 e. The third-order valence-electron chi connectivity index (χ3n) is 5.44. The molecule has 1 rings (SSSR count). The minimum absolute atomic E-state index is 0. The number of unbranched alkanes of at least 4 members (excludes halogenated alkanes) is 10. The normalized spacial score (nSPS) is 12.4. The van der Waals surface area contributed by atoms with Crippen LogP contribution >= 0.6 is 0 Å². The molecule has 0 bridgehead atoms. The Morgan fingerprint density at radius 2 is 1.19 bits per heavy atom. The standard InChI is InChI=1S/C25H44O4S.Na/c1-4-6-8-10-12-14-16-23-18-24(17-15-13-11-9-7-5-2)20-25(19-23)29-22(3)21-30(26,27)28;/h18-20,22H,4-17,21H2,1-3H3,(H,26,27,28);/q;+1/p-1. The molecule has 0 aliphatic rings. The molecule has 0 fully saturated rings. The first-order chi connectivity index (χ1) is 14.3. The van der Waals surface area contributed by atoms with Crippen molar-refractivity contribution in [3.05, 3.63) is 29.3 Å². The van der Waals surface area contributed by atoms with E-state index in [1.807, 2.05) is 12.1 Å². The number of hydrogen-bond acceptors (Lipinski definition) is 4. The van der Waals surface area contributed by atoms with Gasteiger partial charge >= 0.3 is 29.6 Å². The molecule has 31 heavy (non-hydrogen) atoms. The summed E-state index contributed by atoms with van der Waals surface area (Å²) in [6, 6.07) is 6.31. The summed E-state index contributed by atoms with van der Waals surface area (Å²) in [5.74, 6) is 0.192. The molecule has 174 valence electrons. The van der Waals surface area contributed by atoms with Crippen molar-refractivity contribution in [3.63, 3.8) is 0 Å². The van der Waals surface area contributed by atoms with Gasteiger partial charge in [-0.15, -0.1) is 0 Å². The van der Waals surface area contributed by atoms with Crippen LogP contribution in [0.3, 0.4) is 0 Å². The first kappa shape index (κ1) is 30.9. The van der Waals surface area contributed by atoms with Gasteiger partial charge in [-0.2, -0.15) is 0 Å². The Hall–Kier alpha value is -0.0700. The summed E-state index contributed by atoms with van der Waals surface area (Å²) in [4.78, 5) is 0. The van der Waals surface area contributed by atoms with Crippen molar-refractivity contribution >= 4 is 10.1 Å². The van der Waals surface area contributed by atoms with Gasteiger partial charge in [-0.3, -0.25) is 0 Å². The third kappa shape index (κ3) is 17.1. The van der Waals surface area contributed by atoms with Gasteiger partial charge < -0.3 is 9.29 Å². The van der Waals surface area contributed by atoms with E-state index in [1.165, 1.54) is 75.3 Å². The van der Waals surface area contributed by atoms with Crippen LogP contribution < -0.4 is 34.3 Å².